The first-order valence-electron chi connectivity index (χ1n) is 7.25. The number of ether oxygens (including phenoxy) is 1. The zero-order valence-corrected chi connectivity index (χ0v) is 13.6. The number of methoxy groups -OCH3 is 1. The van der Waals surface area contributed by atoms with Crippen LogP contribution >= 0.6 is 11.3 Å². The summed E-state index contributed by atoms with van der Waals surface area (Å²) in [5, 5.41) is 3.27. The number of rotatable bonds is 3. The van der Waals surface area contributed by atoms with E-state index in [0.717, 1.165) is 31.7 Å². The molecule has 0 saturated carbocycles. The van der Waals surface area contributed by atoms with E-state index in [1.807, 2.05) is 0 Å². The maximum Gasteiger partial charge on any atom is 0.413 e. The Morgan fingerprint density at radius 1 is 1.50 bits per heavy atom. The van der Waals surface area contributed by atoms with E-state index < -0.39 is 6.09 Å². The highest BCUT2D eigenvalue weighted by Gasteiger charge is 2.21. The lowest BCUT2D eigenvalue weighted by molar-refractivity contribution is 0.187. The second-order valence-electron chi connectivity index (χ2n) is 5.46. The van der Waals surface area contributed by atoms with Gasteiger partial charge < -0.3 is 4.74 Å². The van der Waals surface area contributed by atoms with Crippen molar-refractivity contribution >= 4 is 22.6 Å². The van der Waals surface area contributed by atoms with E-state index in [0.29, 0.717) is 5.13 Å². The van der Waals surface area contributed by atoms with Gasteiger partial charge in [-0.05, 0) is 12.5 Å². The van der Waals surface area contributed by atoms with E-state index in [1.54, 1.807) is 0 Å². The van der Waals surface area contributed by atoms with Crippen LogP contribution in [0.3, 0.4) is 0 Å². The number of amides is 1. The van der Waals surface area contributed by atoms with Gasteiger partial charge in [0.1, 0.15) is 0 Å². The van der Waals surface area contributed by atoms with E-state index in [2.05, 4.69) is 51.1 Å². The third-order valence-corrected chi connectivity index (χ3v) is 4.69. The van der Waals surface area contributed by atoms with Gasteiger partial charge in [-0.25, -0.2) is 9.78 Å². The summed E-state index contributed by atoms with van der Waals surface area (Å²) in [6.07, 6.45) is 0.447. The monoisotopic (exact) mass is 317 g/mol. The average molecular weight is 317 g/mol. The number of carbonyl (C=O) groups is 1. The SMILES string of the molecule is COC(=O)Nc1nc2c(s1)CN(Cc1cccc(C)c1)CC2. The molecule has 0 atom stereocenters. The lowest BCUT2D eigenvalue weighted by atomic mass is 10.1. The van der Waals surface area contributed by atoms with Crippen LogP contribution in [0.2, 0.25) is 0 Å². The van der Waals surface area contributed by atoms with Crippen LogP contribution in [0.25, 0.3) is 0 Å². The molecule has 0 saturated heterocycles. The molecule has 0 radical (unpaired) electrons. The van der Waals surface area contributed by atoms with Gasteiger partial charge in [0.05, 0.1) is 12.8 Å². The Labute approximate surface area is 133 Å². The molecule has 1 amide bonds. The predicted octanol–water partition coefficient (Wildman–Crippen LogP) is 3.19. The fourth-order valence-electron chi connectivity index (χ4n) is 2.64. The smallest absolute Gasteiger partial charge is 0.413 e. The first-order valence-corrected chi connectivity index (χ1v) is 8.07. The summed E-state index contributed by atoms with van der Waals surface area (Å²) in [5.41, 5.74) is 3.72. The van der Waals surface area contributed by atoms with E-state index in [-0.39, 0.29) is 0 Å². The van der Waals surface area contributed by atoms with Crippen molar-refractivity contribution < 1.29 is 9.53 Å². The zero-order valence-electron chi connectivity index (χ0n) is 12.8. The van der Waals surface area contributed by atoms with Gasteiger partial charge in [0, 0.05) is 30.9 Å². The van der Waals surface area contributed by atoms with Crippen molar-refractivity contribution in [3.63, 3.8) is 0 Å². The standard InChI is InChI=1S/C16H19N3O2S/c1-11-4-3-5-12(8-11)9-19-7-6-13-14(10-19)22-15(17-13)18-16(20)21-2/h3-5,8H,6-7,9-10H2,1-2H3,(H,17,18,20). The summed E-state index contributed by atoms with van der Waals surface area (Å²) >= 11 is 1.53. The van der Waals surface area contributed by atoms with Gasteiger partial charge in [0.25, 0.3) is 0 Å². The van der Waals surface area contributed by atoms with E-state index in [1.165, 1.54) is 34.5 Å². The third-order valence-electron chi connectivity index (χ3n) is 3.69. The number of anilines is 1. The van der Waals surface area contributed by atoms with Gasteiger partial charge in [-0.15, -0.1) is 0 Å². The van der Waals surface area contributed by atoms with Crippen LogP contribution in [-0.2, 0) is 24.2 Å². The summed E-state index contributed by atoms with van der Waals surface area (Å²) in [6, 6.07) is 8.61. The van der Waals surface area contributed by atoms with Crippen LogP contribution in [0.1, 0.15) is 21.7 Å². The van der Waals surface area contributed by atoms with E-state index >= 15 is 0 Å². The number of nitrogens with zero attached hydrogens (tertiary/aromatic N) is 2. The lowest BCUT2D eigenvalue weighted by Gasteiger charge is -2.25. The maximum absolute atomic E-state index is 11.3. The van der Waals surface area contributed by atoms with Crippen LogP contribution in [0.4, 0.5) is 9.93 Å². The lowest BCUT2D eigenvalue weighted by Crippen LogP contribution is -2.29. The molecule has 1 aromatic carbocycles. The van der Waals surface area contributed by atoms with Crippen molar-refractivity contribution in [2.75, 3.05) is 19.0 Å². The molecule has 2 aromatic rings. The molecule has 0 spiro atoms. The van der Waals surface area contributed by atoms with E-state index in [9.17, 15) is 4.79 Å². The summed E-state index contributed by atoms with van der Waals surface area (Å²) in [7, 11) is 1.35. The molecule has 0 fully saturated rings. The molecular weight excluding hydrogens is 298 g/mol. The Hall–Kier alpha value is -1.92. The summed E-state index contributed by atoms with van der Waals surface area (Å²) < 4.78 is 4.60. The molecule has 6 heteroatoms. The summed E-state index contributed by atoms with van der Waals surface area (Å²) in [5.74, 6) is 0. The molecule has 116 valence electrons. The molecule has 2 heterocycles. The average Bonchev–Trinajstić information content (AvgIpc) is 2.88. The van der Waals surface area contributed by atoms with Crippen molar-refractivity contribution in [3.8, 4) is 0 Å². The van der Waals surface area contributed by atoms with Crippen LogP contribution in [0.15, 0.2) is 24.3 Å². The second kappa shape index (κ2) is 6.46. The number of benzene rings is 1. The Bertz CT molecular complexity index is 684. The fraction of sp³-hybridized carbons (Fsp3) is 0.375. The highest BCUT2D eigenvalue weighted by atomic mass is 32.1. The van der Waals surface area contributed by atoms with Gasteiger partial charge >= 0.3 is 6.09 Å². The molecule has 1 aromatic heterocycles. The predicted molar refractivity (Wildman–Crippen MR) is 87.1 cm³/mol. The quantitative estimate of drug-likeness (QED) is 0.944. The minimum Gasteiger partial charge on any atom is -0.453 e. The number of thiazole rings is 1. The highest BCUT2D eigenvalue weighted by molar-refractivity contribution is 7.15. The summed E-state index contributed by atoms with van der Waals surface area (Å²) in [6.45, 7) is 4.93. The maximum atomic E-state index is 11.3. The molecular formula is C16H19N3O2S. The largest absolute Gasteiger partial charge is 0.453 e. The number of hydrogen-bond acceptors (Lipinski definition) is 5. The van der Waals surface area contributed by atoms with Gasteiger partial charge in [-0.2, -0.15) is 0 Å². The number of nitrogens with one attached hydrogen (secondary N) is 1. The van der Waals surface area contributed by atoms with Crippen LogP contribution < -0.4 is 5.32 Å². The molecule has 0 aliphatic carbocycles. The molecule has 1 aliphatic heterocycles. The second-order valence-corrected chi connectivity index (χ2v) is 6.54. The fourth-order valence-corrected chi connectivity index (χ4v) is 3.68. The molecule has 3 rings (SSSR count). The molecule has 0 bridgehead atoms. The summed E-state index contributed by atoms with van der Waals surface area (Å²) in [4.78, 5) is 19.4. The van der Waals surface area contributed by atoms with Gasteiger partial charge in [0.15, 0.2) is 5.13 Å². The number of fused-ring (bicyclic) bond motifs is 1. The first kappa shape index (κ1) is 15.0. The third kappa shape index (κ3) is 3.45. The highest BCUT2D eigenvalue weighted by Crippen LogP contribution is 2.29. The minimum atomic E-state index is -0.470. The number of carbonyl (C=O) groups excluding carboxylic acids is 1. The molecule has 5 nitrogen and oxygen atoms in total. The van der Waals surface area contributed by atoms with Crippen molar-refractivity contribution in [2.45, 2.75) is 26.4 Å². The normalized spacial score (nSPS) is 14.5. The Morgan fingerprint density at radius 2 is 2.36 bits per heavy atom. The van der Waals surface area contributed by atoms with Gasteiger partial charge in [-0.3, -0.25) is 10.2 Å². The van der Waals surface area contributed by atoms with Crippen molar-refractivity contribution in [1.29, 1.82) is 0 Å². The first-order chi connectivity index (χ1) is 10.6. The minimum absolute atomic E-state index is 0.470. The van der Waals surface area contributed by atoms with Gasteiger partial charge in [0.2, 0.25) is 0 Å². The Balaban J connectivity index is 1.67. The Morgan fingerprint density at radius 3 is 3.14 bits per heavy atom. The topological polar surface area (TPSA) is 54.5 Å². The van der Waals surface area contributed by atoms with E-state index in [4.69, 9.17) is 0 Å². The van der Waals surface area contributed by atoms with Crippen LogP contribution in [0, 0.1) is 6.92 Å². The Kier molecular flexibility index (Phi) is 4.40. The molecule has 22 heavy (non-hydrogen) atoms. The molecule has 1 N–H and O–H groups in total. The number of hydrogen-bond donors (Lipinski definition) is 1. The van der Waals surface area contributed by atoms with Crippen molar-refractivity contribution in [3.05, 3.63) is 46.0 Å². The van der Waals surface area contributed by atoms with Gasteiger partial charge in [-0.1, -0.05) is 41.2 Å². The molecule has 1 aliphatic rings. The van der Waals surface area contributed by atoms with Crippen molar-refractivity contribution in [2.24, 2.45) is 0 Å². The van der Waals surface area contributed by atoms with Crippen LogP contribution in [-0.4, -0.2) is 29.6 Å². The van der Waals surface area contributed by atoms with Crippen LogP contribution in [0.5, 0.6) is 0 Å². The number of aryl methyl sites for hydroxylation is 1. The number of aromatic nitrogens is 1. The zero-order chi connectivity index (χ0) is 15.5. The van der Waals surface area contributed by atoms with Crippen molar-refractivity contribution in [1.82, 2.24) is 9.88 Å². The molecule has 0 unspecified atom stereocenters.